The van der Waals surface area contributed by atoms with Gasteiger partial charge in [0.15, 0.2) is 0 Å². The number of likely N-dealkylation sites (tertiary alicyclic amines) is 1. The van der Waals surface area contributed by atoms with E-state index in [-0.39, 0.29) is 0 Å². The maximum Gasteiger partial charge on any atom is 0.411 e. The summed E-state index contributed by atoms with van der Waals surface area (Å²) < 4.78 is 10.3. The highest BCUT2D eigenvalue weighted by molar-refractivity contribution is 5.86. The summed E-state index contributed by atoms with van der Waals surface area (Å²) in [6.45, 7) is 7.49. The van der Waals surface area contributed by atoms with Crippen molar-refractivity contribution in [3.05, 3.63) is 0 Å². The molecule has 0 spiro atoms. The Morgan fingerprint density at radius 3 is 2.48 bits per heavy atom. The second-order valence-electron chi connectivity index (χ2n) is 6.65. The van der Waals surface area contributed by atoms with Crippen molar-refractivity contribution in [3.63, 3.8) is 0 Å². The Balaban J connectivity index is 2.98. The molecule has 2 atom stereocenters. The van der Waals surface area contributed by atoms with Crippen LogP contribution in [0.5, 0.6) is 0 Å². The van der Waals surface area contributed by atoms with Crippen molar-refractivity contribution in [2.75, 3.05) is 13.7 Å². The molecule has 21 heavy (non-hydrogen) atoms. The van der Waals surface area contributed by atoms with Crippen LogP contribution < -0.4 is 0 Å². The van der Waals surface area contributed by atoms with Crippen molar-refractivity contribution in [2.24, 2.45) is 0 Å². The van der Waals surface area contributed by atoms with Crippen molar-refractivity contribution >= 4 is 12.1 Å². The van der Waals surface area contributed by atoms with E-state index in [0.29, 0.717) is 32.2 Å². The molecular weight excluding hydrogens is 274 g/mol. The molecule has 122 valence electrons. The number of carbonyl (C=O) groups excluding carboxylic acids is 2. The molecule has 1 aliphatic rings. The van der Waals surface area contributed by atoms with Crippen LogP contribution >= 0.6 is 0 Å². The number of hydrogen-bond acceptors (Lipinski definition) is 5. The molecule has 0 aromatic heterocycles. The molecule has 0 aromatic rings. The lowest BCUT2D eigenvalue weighted by atomic mass is 9.89. The third-order valence-corrected chi connectivity index (χ3v) is 3.64. The molecule has 6 nitrogen and oxygen atoms in total. The Labute approximate surface area is 126 Å². The Morgan fingerprint density at radius 2 is 2.00 bits per heavy atom. The van der Waals surface area contributed by atoms with Gasteiger partial charge in [-0.3, -0.25) is 4.90 Å². The Kier molecular flexibility index (Phi) is 5.61. The van der Waals surface area contributed by atoms with Crippen molar-refractivity contribution in [1.82, 2.24) is 4.90 Å². The van der Waals surface area contributed by atoms with Gasteiger partial charge < -0.3 is 14.6 Å². The van der Waals surface area contributed by atoms with Crippen LogP contribution in [0.2, 0.25) is 0 Å². The highest BCUT2D eigenvalue weighted by Crippen LogP contribution is 2.36. The third-order valence-electron chi connectivity index (χ3n) is 3.64. The van der Waals surface area contributed by atoms with Gasteiger partial charge in [0.25, 0.3) is 0 Å². The Morgan fingerprint density at radius 1 is 1.38 bits per heavy atom. The molecule has 1 rings (SSSR count). The molecule has 0 aliphatic carbocycles. The van der Waals surface area contributed by atoms with Gasteiger partial charge in [0.2, 0.25) is 0 Å². The van der Waals surface area contributed by atoms with Crippen LogP contribution in [0.25, 0.3) is 0 Å². The number of hydrogen-bond donors (Lipinski definition) is 1. The first-order valence-electron chi connectivity index (χ1n) is 7.39. The molecule has 1 fully saturated rings. The summed E-state index contributed by atoms with van der Waals surface area (Å²) in [7, 11) is 1.32. The van der Waals surface area contributed by atoms with Gasteiger partial charge >= 0.3 is 12.1 Å². The van der Waals surface area contributed by atoms with Crippen molar-refractivity contribution in [3.8, 4) is 0 Å². The quantitative estimate of drug-likeness (QED) is 0.805. The molecule has 1 saturated heterocycles. The summed E-state index contributed by atoms with van der Waals surface area (Å²) in [5, 5.41) is 9.51. The number of ether oxygens (including phenoxy) is 2. The zero-order valence-corrected chi connectivity index (χ0v) is 13.6. The van der Waals surface area contributed by atoms with E-state index in [9.17, 15) is 14.7 Å². The fraction of sp³-hybridized carbons (Fsp3) is 0.867. The van der Waals surface area contributed by atoms with Gasteiger partial charge in [0, 0.05) is 6.54 Å². The maximum absolute atomic E-state index is 12.4. The molecule has 0 radical (unpaired) electrons. The van der Waals surface area contributed by atoms with Crippen LogP contribution in [0.4, 0.5) is 4.79 Å². The van der Waals surface area contributed by atoms with Crippen LogP contribution in [0.1, 0.15) is 53.4 Å². The second-order valence-corrected chi connectivity index (χ2v) is 6.65. The maximum atomic E-state index is 12.4. The summed E-state index contributed by atoms with van der Waals surface area (Å²) in [5.74, 6) is -0.438. The van der Waals surface area contributed by atoms with Gasteiger partial charge in [-0.2, -0.15) is 0 Å². The number of amides is 1. The van der Waals surface area contributed by atoms with Crippen LogP contribution in [0, 0.1) is 0 Å². The summed E-state index contributed by atoms with van der Waals surface area (Å²) in [6.07, 6.45) is 1.01. The average Bonchev–Trinajstić information content (AvgIpc) is 2.78. The van der Waals surface area contributed by atoms with Gasteiger partial charge in [0.1, 0.15) is 11.1 Å². The molecule has 2 unspecified atom stereocenters. The van der Waals surface area contributed by atoms with Gasteiger partial charge in [-0.05, 0) is 53.4 Å². The summed E-state index contributed by atoms with van der Waals surface area (Å²) in [4.78, 5) is 26.1. The molecule has 1 amide bonds. The number of aliphatic hydroxyl groups excluding tert-OH is 1. The van der Waals surface area contributed by atoms with Gasteiger partial charge in [-0.15, -0.1) is 0 Å². The zero-order chi connectivity index (χ0) is 16.3. The van der Waals surface area contributed by atoms with Crippen LogP contribution in [0.3, 0.4) is 0 Å². The molecule has 1 aliphatic heterocycles. The normalized spacial score (nSPS) is 23.8. The van der Waals surface area contributed by atoms with Crippen LogP contribution in [-0.2, 0) is 14.3 Å². The predicted molar refractivity (Wildman–Crippen MR) is 77.8 cm³/mol. The summed E-state index contributed by atoms with van der Waals surface area (Å²) >= 11 is 0. The minimum atomic E-state index is -1.02. The lowest BCUT2D eigenvalue weighted by Crippen LogP contribution is -2.55. The number of nitrogens with zero attached hydrogens (tertiary/aromatic N) is 1. The second kappa shape index (κ2) is 6.64. The molecule has 1 heterocycles. The lowest BCUT2D eigenvalue weighted by Gasteiger charge is -2.37. The average molecular weight is 301 g/mol. The zero-order valence-electron chi connectivity index (χ0n) is 13.6. The first-order chi connectivity index (χ1) is 9.62. The van der Waals surface area contributed by atoms with E-state index in [0.717, 1.165) is 0 Å². The standard InChI is InChI=1S/C15H27NO5/c1-11(17)7-9-15(12(18)20-5)8-6-10-16(15)13(19)21-14(2,3)4/h11,17H,6-10H2,1-5H3. The molecule has 0 saturated carbocycles. The van der Waals surface area contributed by atoms with E-state index in [1.165, 1.54) is 12.0 Å². The van der Waals surface area contributed by atoms with E-state index >= 15 is 0 Å². The van der Waals surface area contributed by atoms with Gasteiger partial charge in [-0.1, -0.05) is 0 Å². The van der Waals surface area contributed by atoms with E-state index in [2.05, 4.69) is 0 Å². The van der Waals surface area contributed by atoms with E-state index in [4.69, 9.17) is 9.47 Å². The number of methoxy groups -OCH3 is 1. The first kappa shape index (κ1) is 17.8. The highest BCUT2D eigenvalue weighted by atomic mass is 16.6. The molecule has 1 N–H and O–H groups in total. The third kappa shape index (κ3) is 4.33. The van der Waals surface area contributed by atoms with Gasteiger partial charge in [0.05, 0.1) is 13.2 Å². The SMILES string of the molecule is COC(=O)C1(CCC(C)O)CCCN1C(=O)OC(C)(C)C. The number of aliphatic hydroxyl groups is 1. The fourth-order valence-corrected chi connectivity index (χ4v) is 2.67. The number of carbonyl (C=O) groups is 2. The monoisotopic (exact) mass is 301 g/mol. The van der Waals surface area contributed by atoms with Crippen molar-refractivity contribution in [1.29, 1.82) is 0 Å². The first-order valence-corrected chi connectivity index (χ1v) is 7.39. The summed E-state index contributed by atoms with van der Waals surface area (Å²) in [6, 6.07) is 0. The minimum absolute atomic E-state index is 0.372. The summed E-state index contributed by atoms with van der Waals surface area (Å²) in [5.41, 5.74) is -1.64. The molecule has 6 heteroatoms. The van der Waals surface area contributed by atoms with E-state index in [1.54, 1.807) is 27.7 Å². The number of rotatable bonds is 4. The van der Waals surface area contributed by atoms with Crippen molar-refractivity contribution < 1.29 is 24.2 Å². The Bertz CT molecular complexity index is 388. The van der Waals surface area contributed by atoms with Crippen LogP contribution in [0.15, 0.2) is 0 Å². The fourth-order valence-electron chi connectivity index (χ4n) is 2.67. The van der Waals surface area contributed by atoms with E-state index in [1.807, 2.05) is 0 Å². The topological polar surface area (TPSA) is 76.1 Å². The smallest absolute Gasteiger partial charge is 0.411 e. The van der Waals surface area contributed by atoms with E-state index < -0.39 is 29.3 Å². The highest BCUT2D eigenvalue weighted by Gasteiger charge is 2.51. The molecule has 0 aromatic carbocycles. The Hall–Kier alpha value is -1.30. The van der Waals surface area contributed by atoms with Crippen LogP contribution in [-0.4, -0.2) is 53.0 Å². The van der Waals surface area contributed by atoms with Crippen molar-refractivity contribution in [2.45, 2.75) is 70.6 Å². The molecular formula is C15H27NO5. The molecule has 0 bridgehead atoms. The number of esters is 1. The minimum Gasteiger partial charge on any atom is -0.467 e. The van der Waals surface area contributed by atoms with Gasteiger partial charge in [-0.25, -0.2) is 9.59 Å². The largest absolute Gasteiger partial charge is 0.467 e. The predicted octanol–water partition coefficient (Wildman–Crippen LogP) is 2.09. The lowest BCUT2D eigenvalue weighted by molar-refractivity contribution is -0.154.